The molecule has 1 aromatic heterocycles. The van der Waals surface area contributed by atoms with Gasteiger partial charge in [0.2, 0.25) is 0 Å². The summed E-state index contributed by atoms with van der Waals surface area (Å²) in [6, 6.07) is 9.89. The highest BCUT2D eigenvalue weighted by atomic mass is 19.1. The van der Waals surface area contributed by atoms with Crippen LogP contribution in [-0.2, 0) is 6.54 Å². The molecule has 0 amide bonds. The van der Waals surface area contributed by atoms with Crippen molar-refractivity contribution in [1.82, 2.24) is 9.97 Å². The van der Waals surface area contributed by atoms with Crippen molar-refractivity contribution in [3.63, 3.8) is 0 Å². The third kappa shape index (κ3) is 2.58. The molecular formula is C13H14FN3. The first-order chi connectivity index (χ1) is 8.18. The molecule has 0 aliphatic rings. The molecule has 0 N–H and O–H groups in total. The first-order valence-corrected chi connectivity index (χ1v) is 5.40. The fourth-order valence-corrected chi connectivity index (χ4v) is 1.64. The van der Waals surface area contributed by atoms with Gasteiger partial charge in [-0.25, -0.2) is 14.4 Å². The molecule has 0 aliphatic heterocycles. The zero-order valence-electron chi connectivity index (χ0n) is 9.89. The van der Waals surface area contributed by atoms with Gasteiger partial charge in [-0.05, 0) is 12.5 Å². The van der Waals surface area contributed by atoms with E-state index >= 15 is 0 Å². The van der Waals surface area contributed by atoms with E-state index in [9.17, 15) is 4.39 Å². The Morgan fingerprint density at radius 2 is 1.88 bits per heavy atom. The van der Waals surface area contributed by atoms with Crippen molar-refractivity contribution < 1.29 is 4.39 Å². The van der Waals surface area contributed by atoms with Crippen LogP contribution in [-0.4, -0.2) is 17.0 Å². The first kappa shape index (κ1) is 11.5. The Morgan fingerprint density at radius 3 is 2.59 bits per heavy atom. The Balaban J connectivity index is 2.20. The Kier molecular flexibility index (Phi) is 3.32. The lowest BCUT2D eigenvalue weighted by Gasteiger charge is -2.18. The molecule has 17 heavy (non-hydrogen) atoms. The van der Waals surface area contributed by atoms with Gasteiger partial charge in [0.15, 0.2) is 11.6 Å². The molecular weight excluding hydrogens is 217 g/mol. The van der Waals surface area contributed by atoms with Gasteiger partial charge in [0.1, 0.15) is 6.33 Å². The molecule has 1 aromatic carbocycles. The van der Waals surface area contributed by atoms with E-state index in [2.05, 4.69) is 9.97 Å². The van der Waals surface area contributed by atoms with Gasteiger partial charge in [-0.3, -0.25) is 0 Å². The summed E-state index contributed by atoms with van der Waals surface area (Å²) in [5, 5.41) is 0. The van der Waals surface area contributed by atoms with Crippen molar-refractivity contribution in [3.05, 3.63) is 53.7 Å². The Hall–Kier alpha value is -1.97. The molecule has 0 saturated carbocycles. The van der Waals surface area contributed by atoms with Crippen LogP contribution in [0.2, 0.25) is 0 Å². The predicted octanol–water partition coefficient (Wildman–Crippen LogP) is 2.56. The molecule has 2 rings (SSSR count). The Morgan fingerprint density at radius 1 is 1.18 bits per heavy atom. The van der Waals surface area contributed by atoms with Gasteiger partial charge < -0.3 is 4.90 Å². The first-order valence-electron chi connectivity index (χ1n) is 5.40. The van der Waals surface area contributed by atoms with E-state index in [0.29, 0.717) is 18.1 Å². The lowest BCUT2D eigenvalue weighted by molar-refractivity contribution is 0.595. The topological polar surface area (TPSA) is 29.0 Å². The molecule has 0 atom stereocenters. The molecule has 0 saturated heterocycles. The van der Waals surface area contributed by atoms with Crippen molar-refractivity contribution in [2.24, 2.45) is 0 Å². The largest absolute Gasteiger partial charge is 0.353 e. The maximum atomic E-state index is 13.8. The van der Waals surface area contributed by atoms with Crippen molar-refractivity contribution in [3.8, 4) is 0 Å². The molecule has 0 bridgehead atoms. The summed E-state index contributed by atoms with van der Waals surface area (Å²) < 4.78 is 13.8. The zero-order valence-corrected chi connectivity index (χ0v) is 9.89. The van der Waals surface area contributed by atoms with Crippen LogP contribution in [0.25, 0.3) is 0 Å². The number of aryl methyl sites for hydroxylation is 1. The summed E-state index contributed by atoms with van der Waals surface area (Å²) in [4.78, 5) is 9.57. The molecule has 0 unspecified atom stereocenters. The summed E-state index contributed by atoms with van der Waals surface area (Å²) in [5.74, 6) is -0.0210. The molecule has 0 spiro atoms. The van der Waals surface area contributed by atoms with Crippen molar-refractivity contribution >= 4 is 5.82 Å². The summed E-state index contributed by atoms with van der Waals surface area (Å²) in [5.41, 5.74) is 1.49. The van der Waals surface area contributed by atoms with Crippen LogP contribution < -0.4 is 4.90 Å². The lowest BCUT2D eigenvalue weighted by Crippen LogP contribution is -2.19. The Bertz CT molecular complexity index is 499. The summed E-state index contributed by atoms with van der Waals surface area (Å²) in [7, 11) is 1.82. The average Bonchev–Trinajstić information content (AvgIpc) is 2.34. The van der Waals surface area contributed by atoms with Crippen LogP contribution in [0.5, 0.6) is 0 Å². The van der Waals surface area contributed by atoms with Gasteiger partial charge in [0.25, 0.3) is 0 Å². The SMILES string of the molecule is Cc1ncnc(N(C)Cc2ccccc2)c1F. The van der Waals surface area contributed by atoms with Gasteiger partial charge in [-0.15, -0.1) is 0 Å². The second kappa shape index (κ2) is 4.91. The monoisotopic (exact) mass is 231 g/mol. The summed E-state index contributed by atoms with van der Waals surface area (Å²) in [6.07, 6.45) is 1.38. The summed E-state index contributed by atoms with van der Waals surface area (Å²) >= 11 is 0. The fraction of sp³-hybridized carbons (Fsp3) is 0.231. The van der Waals surface area contributed by atoms with Gasteiger partial charge in [0, 0.05) is 13.6 Å². The van der Waals surface area contributed by atoms with Crippen LogP contribution in [0.1, 0.15) is 11.3 Å². The smallest absolute Gasteiger partial charge is 0.186 e. The highest BCUT2D eigenvalue weighted by Gasteiger charge is 2.12. The maximum Gasteiger partial charge on any atom is 0.186 e. The number of rotatable bonds is 3. The predicted molar refractivity (Wildman–Crippen MR) is 65.3 cm³/mol. The molecule has 0 aliphatic carbocycles. The zero-order chi connectivity index (χ0) is 12.3. The fourth-order valence-electron chi connectivity index (χ4n) is 1.64. The van der Waals surface area contributed by atoms with Gasteiger partial charge in [0.05, 0.1) is 5.69 Å². The minimum absolute atomic E-state index is 0.335. The molecule has 4 heteroatoms. The third-order valence-corrected chi connectivity index (χ3v) is 2.57. The van der Waals surface area contributed by atoms with Crippen LogP contribution in [0, 0.1) is 12.7 Å². The van der Waals surface area contributed by atoms with Gasteiger partial charge >= 0.3 is 0 Å². The third-order valence-electron chi connectivity index (χ3n) is 2.57. The normalized spacial score (nSPS) is 10.3. The maximum absolute atomic E-state index is 13.8. The van der Waals surface area contributed by atoms with Crippen LogP contribution >= 0.6 is 0 Å². The minimum Gasteiger partial charge on any atom is -0.353 e. The number of nitrogens with zero attached hydrogens (tertiary/aromatic N) is 3. The van der Waals surface area contributed by atoms with E-state index in [4.69, 9.17) is 0 Å². The van der Waals surface area contributed by atoms with E-state index < -0.39 is 0 Å². The Labute approximate surface area is 99.9 Å². The number of benzene rings is 1. The number of aromatic nitrogens is 2. The molecule has 2 aromatic rings. The van der Waals surface area contributed by atoms with Crippen molar-refractivity contribution in [2.45, 2.75) is 13.5 Å². The summed E-state index contributed by atoms with van der Waals surface area (Å²) in [6.45, 7) is 2.26. The average molecular weight is 231 g/mol. The van der Waals surface area contributed by atoms with E-state index in [0.717, 1.165) is 5.56 Å². The standard InChI is InChI=1S/C13H14FN3/c1-10-12(14)13(16-9-15-10)17(2)8-11-6-4-3-5-7-11/h3-7,9H,8H2,1-2H3. The molecule has 1 heterocycles. The highest BCUT2D eigenvalue weighted by molar-refractivity contribution is 5.40. The molecule has 3 nitrogen and oxygen atoms in total. The lowest BCUT2D eigenvalue weighted by atomic mass is 10.2. The second-order valence-corrected chi connectivity index (χ2v) is 3.94. The molecule has 0 fully saturated rings. The minimum atomic E-state index is -0.356. The van der Waals surface area contributed by atoms with Crippen LogP contribution in [0.15, 0.2) is 36.7 Å². The highest BCUT2D eigenvalue weighted by Crippen LogP contribution is 2.17. The second-order valence-electron chi connectivity index (χ2n) is 3.94. The van der Waals surface area contributed by atoms with E-state index in [1.807, 2.05) is 37.4 Å². The molecule has 0 radical (unpaired) electrons. The van der Waals surface area contributed by atoms with Crippen molar-refractivity contribution in [2.75, 3.05) is 11.9 Å². The van der Waals surface area contributed by atoms with E-state index in [1.165, 1.54) is 6.33 Å². The van der Waals surface area contributed by atoms with E-state index in [-0.39, 0.29) is 5.82 Å². The van der Waals surface area contributed by atoms with Crippen LogP contribution in [0.3, 0.4) is 0 Å². The number of halogens is 1. The number of hydrogen-bond donors (Lipinski definition) is 0. The van der Waals surface area contributed by atoms with Crippen molar-refractivity contribution in [1.29, 1.82) is 0 Å². The van der Waals surface area contributed by atoms with E-state index in [1.54, 1.807) is 11.8 Å². The number of hydrogen-bond acceptors (Lipinski definition) is 3. The van der Waals surface area contributed by atoms with Gasteiger partial charge in [-0.2, -0.15) is 0 Å². The number of anilines is 1. The van der Waals surface area contributed by atoms with Crippen LogP contribution in [0.4, 0.5) is 10.2 Å². The van der Waals surface area contributed by atoms with Gasteiger partial charge in [-0.1, -0.05) is 30.3 Å². The quantitative estimate of drug-likeness (QED) is 0.813. The molecule has 88 valence electrons.